The highest BCUT2D eigenvalue weighted by atomic mass is 28.3. The van der Waals surface area contributed by atoms with Crippen molar-refractivity contribution in [3.8, 4) is 5.75 Å². The van der Waals surface area contributed by atoms with Crippen LogP contribution in [0.4, 0.5) is 0 Å². The molecule has 0 fully saturated rings. The Morgan fingerprint density at radius 3 is 2.51 bits per heavy atom. The molecule has 0 saturated carbocycles. The van der Waals surface area contributed by atoms with Gasteiger partial charge in [0.25, 0.3) is 5.91 Å². The fourth-order valence-corrected chi connectivity index (χ4v) is 4.93. The standard InChI is InChI=1S/C27H39N3O4Si/c1-18-10-8-9-11-20(18)24(31)13-12-21-22(27(33)29(3)4)16-23-25(26(21)32)28-19(2)30(23)17-34-14-15-35(5,6)7/h8-11,16,24,31-32H,12-15,17H2,1-7H3. The number of rotatable bonds is 10. The molecule has 1 unspecified atom stereocenters. The summed E-state index contributed by atoms with van der Waals surface area (Å²) < 4.78 is 7.85. The van der Waals surface area contributed by atoms with Crippen molar-refractivity contribution in [1.82, 2.24) is 14.5 Å². The Hall–Kier alpha value is -2.68. The van der Waals surface area contributed by atoms with Crippen LogP contribution in [-0.4, -0.2) is 59.3 Å². The maximum atomic E-state index is 13.1. The number of imidazole rings is 1. The van der Waals surface area contributed by atoms with Crippen LogP contribution >= 0.6 is 0 Å². The fraction of sp³-hybridized carbons (Fsp3) is 0.481. The predicted molar refractivity (Wildman–Crippen MR) is 143 cm³/mol. The van der Waals surface area contributed by atoms with Crippen molar-refractivity contribution in [2.45, 2.75) is 65.2 Å². The quantitative estimate of drug-likeness (QED) is 0.303. The minimum absolute atomic E-state index is 0.00590. The molecule has 8 heteroatoms. The molecule has 0 bridgehead atoms. The van der Waals surface area contributed by atoms with Gasteiger partial charge in [0.05, 0.1) is 11.6 Å². The third-order valence-electron chi connectivity index (χ3n) is 6.38. The molecule has 1 aromatic heterocycles. The Bertz CT molecular complexity index is 1200. The van der Waals surface area contributed by atoms with Gasteiger partial charge in [-0.05, 0) is 49.9 Å². The number of aryl methyl sites for hydroxylation is 2. The van der Waals surface area contributed by atoms with E-state index in [2.05, 4.69) is 24.6 Å². The first-order chi connectivity index (χ1) is 16.4. The largest absolute Gasteiger partial charge is 0.505 e. The van der Waals surface area contributed by atoms with Crippen LogP contribution in [-0.2, 0) is 17.9 Å². The molecule has 1 atom stereocenters. The average Bonchev–Trinajstić information content (AvgIpc) is 3.10. The zero-order chi connectivity index (χ0) is 25.9. The first kappa shape index (κ1) is 26.9. The van der Waals surface area contributed by atoms with E-state index in [1.54, 1.807) is 20.2 Å². The average molecular weight is 498 g/mol. The summed E-state index contributed by atoms with van der Waals surface area (Å²) in [6.45, 7) is 11.7. The van der Waals surface area contributed by atoms with Gasteiger partial charge in [-0.2, -0.15) is 0 Å². The number of phenols is 1. The van der Waals surface area contributed by atoms with Crippen molar-refractivity contribution in [1.29, 1.82) is 0 Å². The molecule has 2 N–H and O–H groups in total. The Kier molecular flexibility index (Phi) is 8.40. The molecule has 190 valence electrons. The van der Waals surface area contributed by atoms with Gasteiger partial charge in [0, 0.05) is 39.9 Å². The summed E-state index contributed by atoms with van der Waals surface area (Å²) >= 11 is 0. The Balaban J connectivity index is 1.95. The maximum Gasteiger partial charge on any atom is 0.253 e. The molecular formula is C27H39N3O4Si. The van der Waals surface area contributed by atoms with E-state index in [0.717, 1.165) is 17.2 Å². The van der Waals surface area contributed by atoms with Gasteiger partial charge in [0.15, 0.2) is 0 Å². The van der Waals surface area contributed by atoms with Crippen LogP contribution in [0.5, 0.6) is 5.75 Å². The molecule has 0 aliphatic rings. The molecule has 3 rings (SSSR count). The molecule has 1 amide bonds. The third kappa shape index (κ3) is 6.31. The number of amides is 1. The lowest BCUT2D eigenvalue weighted by atomic mass is 9.94. The first-order valence-electron chi connectivity index (χ1n) is 12.2. The molecule has 0 aliphatic heterocycles. The van der Waals surface area contributed by atoms with Gasteiger partial charge in [-0.15, -0.1) is 0 Å². The lowest BCUT2D eigenvalue weighted by Gasteiger charge is -2.19. The number of benzene rings is 2. The second-order valence-corrected chi connectivity index (χ2v) is 16.3. The Morgan fingerprint density at radius 1 is 1.20 bits per heavy atom. The van der Waals surface area contributed by atoms with Gasteiger partial charge >= 0.3 is 0 Å². The van der Waals surface area contributed by atoms with E-state index < -0.39 is 14.2 Å². The number of ether oxygens (including phenoxy) is 1. The SMILES string of the molecule is Cc1ccccc1C(O)CCc1c(C(=O)N(C)C)cc2c(nc(C)n2COCC[Si](C)(C)C)c1O. The minimum atomic E-state index is -1.21. The Morgan fingerprint density at radius 2 is 1.89 bits per heavy atom. The highest BCUT2D eigenvalue weighted by Gasteiger charge is 2.24. The molecule has 3 aromatic rings. The van der Waals surface area contributed by atoms with Crippen LogP contribution in [0.15, 0.2) is 30.3 Å². The minimum Gasteiger partial charge on any atom is -0.505 e. The monoisotopic (exact) mass is 497 g/mol. The van der Waals surface area contributed by atoms with Gasteiger partial charge in [0.1, 0.15) is 23.8 Å². The number of aliphatic hydroxyl groups excluding tert-OH is 1. The number of hydrogen-bond donors (Lipinski definition) is 2. The van der Waals surface area contributed by atoms with Crippen LogP contribution in [0, 0.1) is 13.8 Å². The number of carbonyl (C=O) groups excluding carboxylic acids is 1. The van der Waals surface area contributed by atoms with Gasteiger partial charge in [-0.1, -0.05) is 43.9 Å². The van der Waals surface area contributed by atoms with Crippen molar-refractivity contribution in [3.63, 3.8) is 0 Å². The van der Waals surface area contributed by atoms with Gasteiger partial charge < -0.3 is 24.4 Å². The summed E-state index contributed by atoms with van der Waals surface area (Å²) in [5.41, 5.74) is 3.90. The van der Waals surface area contributed by atoms with E-state index in [1.807, 2.05) is 42.7 Å². The molecule has 1 heterocycles. The number of phenolic OH excluding ortho intramolecular Hbond substituents is 1. The lowest BCUT2D eigenvalue weighted by molar-refractivity contribution is 0.0824. The third-order valence-corrected chi connectivity index (χ3v) is 8.09. The van der Waals surface area contributed by atoms with Gasteiger partial charge in [-0.25, -0.2) is 4.98 Å². The molecule has 0 spiro atoms. The van der Waals surface area contributed by atoms with Crippen molar-refractivity contribution in [2.75, 3.05) is 20.7 Å². The normalized spacial score (nSPS) is 12.8. The van der Waals surface area contributed by atoms with Crippen molar-refractivity contribution in [3.05, 3.63) is 58.4 Å². The molecule has 7 nitrogen and oxygen atoms in total. The number of fused-ring (bicyclic) bond motifs is 1. The molecule has 2 aromatic carbocycles. The number of carbonyl (C=O) groups is 1. The number of hydrogen-bond acceptors (Lipinski definition) is 5. The molecule has 0 radical (unpaired) electrons. The molecular weight excluding hydrogens is 458 g/mol. The highest BCUT2D eigenvalue weighted by Crippen LogP contribution is 2.35. The summed E-state index contributed by atoms with van der Waals surface area (Å²) in [5, 5.41) is 22.1. The molecule has 35 heavy (non-hydrogen) atoms. The fourth-order valence-electron chi connectivity index (χ4n) is 4.18. The summed E-state index contributed by atoms with van der Waals surface area (Å²) in [4.78, 5) is 19.2. The van der Waals surface area contributed by atoms with Crippen LogP contribution in [0.1, 0.15) is 45.4 Å². The summed E-state index contributed by atoms with van der Waals surface area (Å²) in [6, 6.07) is 10.6. The van der Waals surface area contributed by atoms with Crippen LogP contribution < -0.4 is 0 Å². The van der Waals surface area contributed by atoms with Crippen LogP contribution in [0.25, 0.3) is 11.0 Å². The topological polar surface area (TPSA) is 87.8 Å². The van der Waals surface area contributed by atoms with E-state index >= 15 is 0 Å². The maximum absolute atomic E-state index is 13.1. The second kappa shape index (κ2) is 10.9. The van der Waals surface area contributed by atoms with E-state index in [9.17, 15) is 15.0 Å². The van der Waals surface area contributed by atoms with Crippen molar-refractivity contribution in [2.24, 2.45) is 0 Å². The Labute approximate surface area is 209 Å². The van der Waals surface area contributed by atoms with Crippen LogP contribution in [0.3, 0.4) is 0 Å². The first-order valence-corrected chi connectivity index (χ1v) is 15.9. The van der Waals surface area contributed by atoms with E-state index in [4.69, 9.17) is 4.74 Å². The number of aromatic nitrogens is 2. The second-order valence-electron chi connectivity index (χ2n) is 10.7. The summed E-state index contributed by atoms with van der Waals surface area (Å²) in [6.07, 6.45) is 0.00901. The van der Waals surface area contributed by atoms with Crippen molar-refractivity contribution >= 4 is 25.0 Å². The number of nitrogens with zero attached hydrogens (tertiary/aromatic N) is 3. The van der Waals surface area contributed by atoms with E-state index in [-0.39, 0.29) is 11.7 Å². The zero-order valence-electron chi connectivity index (χ0n) is 22.1. The zero-order valence-corrected chi connectivity index (χ0v) is 23.1. The van der Waals surface area contributed by atoms with E-state index in [1.165, 1.54) is 4.90 Å². The lowest BCUT2D eigenvalue weighted by Crippen LogP contribution is -2.23. The summed E-state index contributed by atoms with van der Waals surface area (Å²) in [5.74, 6) is 0.505. The van der Waals surface area contributed by atoms with Gasteiger partial charge in [0.2, 0.25) is 0 Å². The van der Waals surface area contributed by atoms with E-state index in [0.29, 0.717) is 54.2 Å². The summed E-state index contributed by atoms with van der Waals surface area (Å²) in [7, 11) is 2.18. The van der Waals surface area contributed by atoms with Crippen molar-refractivity contribution < 1.29 is 19.7 Å². The van der Waals surface area contributed by atoms with Gasteiger partial charge in [-0.3, -0.25) is 4.79 Å². The molecule has 0 aliphatic carbocycles. The smallest absolute Gasteiger partial charge is 0.253 e. The number of aromatic hydroxyl groups is 1. The van der Waals surface area contributed by atoms with Crippen LogP contribution in [0.2, 0.25) is 25.7 Å². The number of aliphatic hydroxyl groups is 1. The highest BCUT2D eigenvalue weighted by molar-refractivity contribution is 6.76. The predicted octanol–water partition coefficient (Wildman–Crippen LogP) is 5.04. The molecule has 0 saturated heterocycles.